The molecule has 1 aliphatic heterocycles. The molecule has 0 aromatic heterocycles. The fourth-order valence-electron chi connectivity index (χ4n) is 3.53. The van der Waals surface area contributed by atoms with Gasteiger partial charge in [-0.05, 0) is 63.8 Å². The first kappa shape index (κ1) is 20.6. The molecule has 2 nitrogen and oxygen atoms in total. The summed E-state index contributed by atoms with van der Waals surface area (Å²) in [4.78, 5) is 12.7. The number of benzene rings is 1. The third-order valence-corrected chi connectivity index (χ3v) is 10.8. The van der Waals surface area contributed by atoms with Crippen LogP contribution in [0.1, 0.15) is 37.8 Å². The Labute approximate surface area is 165 Å². The van der Waals surface area contributed by atoms with E-state index in [1.54, 1.807) is 0 Å². The molecule has 1 aromatic carbocycles. The number of nitrogens with one attached hydrogen (secondary N) is 1. The van der Waals surface area contributed by atoms with Crippen LogP contribution in [0.4, 0.5) is 5.69 Å². The Morgan fingerprint density at radius 2 is 1.77 bits per heavy atom. The maximum atomic E-state index is 12.7. The van der Waals surface area contributed by atoms with Crippen LogP contribution in [0.3, 0.4) is 0 Å². The van der Waals surface area contributed by atoms with Crippen molar-refractivity contribution < 1.29 is 37.5 Å². The predicted molar refractivity (Wildman–Crippen MR) is 95.4 cm³/mol. The van der Waals surface area contributed by atoms with Crippen LogP contribution in [-0.4, -0.2) is 30.1 Å². The predicted octanol–water partition coefficient (Wildman–Crippen LogP) is 5.11. The van der Waals surface area contributed by atoms with Gasteiger partial charge < -0.3 is 5.32 Å². The van der Waals surface area contributed by atoms with Gasteiger partial charge in [0, 0.05) is 50.7 Å². The molecule has 0 bridgehead atoms. The first-order chi connectivity index (χ1) is 9.89. The number of rotatable bonds is 4. The summed E-state index contributed by atoms with van der Waals surface area (Å²) in [5, 5.41) is 3.90. The second-order valence-electron chi connectivity index (χ2n) is 6.27. The second-order valence-corrected chi connectivity index (χ2v) is 11.4. The van der Waals surface area contributed by atoms with Crippen LogP contribution < -0.4 is 5.32 Å². The standard InChI is InChI=1S/C17H25ClNOP.Y/c1-5-21(8-6-7-9-21)14(4)17(20)19-16-12(2)10-15(18)11-13(16)3;/h10-11,14H,5-9H2,1-4H3;/p+1. The number of anilines is 1. The summed E-state index contributed by atoms with van der Waals surface area (Å²) >= 11 is 6.06. The van der Waals surface area contributed by atoms with Gasteiger partial charge in [-0.15, -0.1) is 0 Å². The van der Waals surface area contributed by atoms with Crippen LogP contribution in [0.5, 0.6) is 0 Å². The van der Waals surface area contributed by atoms with E-state index in [4.69, 9.17) is 11.6 Å². The minimum absolute atomic E-state index is 0. The third-order valence-electron chi connectivity index (χ3n) is 5.03. The van der Waals surface area contributed by atoms with Crippen molar-refractivity contribution in [3.8, 4) is 0 Å². The molecule has 0 saturated carbocycles. The molecule has 5 heteroatoms. The fourth-order valence-corrected chi connectivity index (χ4v) is 8.30. The average Bonchev–Trinajstić information content (AvgIpc) is 2.91. The molecule has 1 aliphatic rings. The zero-order valence-electron chi connectivity index (χ0n) is 14.1. The van der Waals surface area contributed by atoms with E-state index < -0.39 is 7.26 Å². The maximum absolute atomic E-state index is 12.7. The molecule has 1 radical (unpaired) electrons. The van der Waals surface area contributed by atoms with E-state index in [2.05, 4.69) is 19.2 Å². The first-order valence-corrected chi connectivity index (χ1v) is 10.6. The topological polar surface area (TPSA) is 29.1 Å². The minimum atomic E-state index is -1.09. The molecular formula is C17H26ClNOPY+. The molecule has 1 amide bonds. The van der Waals surface area contributed by atoms with E-state index in [9.17, 15) is 4.79 Å². The fraction of sp³-hybridized carbons (Fsp3) is 0.588. The summed E-state index contributed by atoms with van der Waals surface area (Å²) in [6.45, 7) is 8.40. The number of aryl methyl sites for hydroxylation is 2. The van der Waals surface area contributed by atoms with Crippen molar-refractivity contribution in [2.75, 3.05) is 23.8 Å². The van der Waals surface area contributed by atoms with Crippen molar-refractivity contribution >= 4 is 30.5 Å². The number of hydrogen-bond acceptors (Lipinski definition) is 1. The van der Waals surface area contributed by atoms with Crippen LogP contribution in [-0.2, 0) is 37.5 Å². The Hall–Kier alpha value is 0.514. The Morgan fingerprint density at radius 3 is 2.23 bits per heavy atom. The largest absolute Gasteiger partial charge is 0.322 e. The second kappa shape index (κ2) is 8.56. The Balaban J connectivity index is 0.00000242. The molecule has 22 heavy (non-hydrogen) atoms. The SMILES string of the molecule is CC[P+]1(C(C)C(=O)Nc2c(C)cc(Cl)cc2C)CCCC1.[Y]. The molecular weight excluding hydrogens is 390 g/mol. The van der Waals surface area contributed by atoms with Gasteiger partial charge in [0.2, 0.25) is 0 Å². The van der Waals surface area contributed by atoms with Gasteiger partial charge in [-0.1, -0.05) is 11.6 Å². The molecule has 1 heterocycles. The summed E-state index contributed by atoms with van der Waals surface area (Å²) in [6.07, 6.45) is 6.38. The molecule has 1 atom stereocenters. The minimum Gasteiger partial charge on any atom is -0.322 e. The Bertz CT molecular complexity index is 520. The number of hydrogen-bond donors (Lipinski definition) is 1. The van der Waals surface area contributed by atoms with Gasteiger partial charge in [0.25, 0.3) is 5.91 Å². The van der Waals surface area contributed by atoms with Gasteiger partial charge in [0.1, 0.15) is 5.66 Å². The first-order valence-electron chi connectivity index (χ1n) is 7.83. The normalized spacial score (nSPS) is 17.7. The molecule has 2 rings (SSSR count). The van der Waals surface area contributed by atoms with Crippen LogP contribution in [0.2, 0.25) is 5.02 Å². The van der Waals surface area contributed by atoms with Crippen molar-refractivity contribution in [2.45, 2.75) is 46.2 Å². The van der Waals surface area contributed by atoms with E-state index in [0.717, 1.165) is 21.8 Å². The van der Waals surface area contributed by atoms with Crippen molar-refractivity contribution in [3.63, 3.8) is 0 Å². The van der Waals surface area contributed by atoms with E-state index in [-0.39, 0.29) is 44.3 Å². The van der Waals surface area contributed by atoms with Crippen LogP contribution in [0.15, 0.2) is 12.1 Å². The van der Waals surface area contributed by atoms with Crippen molar-refractivity contribution in [2.24, 2.45) is 0 Å². The quantitative estimate of drug-likeness (QED) is 0.680. The Kier molecular flexibility index (Phi) is 8.00. The molecule has 1 saturated heterocycles. The van der Waals surface area contributed by atoms with E-state index in [1.165, 1.54) is 31.3 Å². The molecule has 1 unspecified atom stereocenters. The van der Waals surface area contributed by atoms with Gasteiger partial charge >= 0.3 is 0 Å². The average molecular weight is 416 g/mol. The van der Waals surface area contributed by atoms with E-state index >= 15 is 0 Å². The van der Waals surface area contributed by atoms with Gasteiger partial charge in [-0.25, -0.2) is 0 Å². The van der Waals surface area contributed by atoms with Crippen LogP contribution in [0, 0.1) is 13.8 Å². The summed E-state index contributed by atoms with van der Waals surface area (Å²) < 4.78 is 0. The third kappa shape index (κ3) is 4.32. The zero-order chi connectivity index (χ0) is 15.6. The number of carbonyl (C=O) groups is 1. The Morgan fingerprint density at radius 1 is 1.27 bits per heavy atom. The maximum Gasteiger partial charge on any atom is 0.264 e. The molecule has 119 valence electrons. The molecule has 1 fully saturated rings. The summed E-state index contributed by atoms with van der Waals surface area (Å²) in [5.41, 5.74) is 3.18. The van der Waals surface area contributed by atoms with Gasteiger partial charge in [-0.3, -0.25) is 4.79 Å². The molecule has 0 spiro atoms. The smallest absolute Gasteiger partial charge is 0.264 e. The number of carbonyl (C=O) groups excluding carboxylic acids is 1. The van der Waals surface area contributed by atoms with E-state index in [0.29, 0.717) is 0 Å². The van der Waals surface area contributed by atoms with Gasteiger partial charge in [0.05, 0.1) is 18.5 Å². The van der Waals surface area contributed by atoms with Gasteiger partial charge in [-0.2, -0.15) is 0 Å². The number of halogens is 1. The molecule has 1 N–H and O–H groups in total. The van der Waals surface area contributed by atoms with Crippen LogP contribution in [0.25, 0.3) is 0 Å². The summed E-state index contributed by atoms with van der Waals surface area (Å²) in [7, 11) is -1.09. The summed E-state index contributed by atoms with van der Waals surface area (Å²) in [5.74, 6) is 0.195. The van der Waals surface area contributed by atoms with Gasteiger partial charge in [0.15, 0.2) is 0 Å². The van der Waals surface area contributed by atoms with Crippen molar-refractivity contribution in [3.05, 3.63) is 28.3 Å². The summed E-state index contributed by atoms with van der Waals surface area (Å²) in [6, 6.07) is 3.82. The van der Waals surface area contributed by atoms with Crippen LogP contribution >= 0.6 is 18.9 Å². The molecule has 0 aliphatic carbocycles. The van der Waals surface area contributed by atoms with Crippen molar-refractivity contribution in [1.82, 2.24) is 0 Å². The van der Waals surface area contributed by atoms with E-state index in [1.807, 2.05) is 26.0 Å². The van der Waals surface area contributed by atoms with Crippen molar-refractivity contribution in [1.29, 1.82) is 0 Å². The zero-order valence-corrected chi connectivity index (χ0v) is 18.6. The monoisotopic (exact) mass is 415 g/mol. The number of amides is 1. The molecule has 1 aromatic rings.